The molecule has 0 saturated carbocycles. The summed E-state index contributed by atoms with van der Waals surface area (Å²) in [5, 5.41) is 8.83. The van der Waals surface area contributed by atoms with Crippen LogP contribution >= 0.6 is 0 Å². The van der Waals surface area contributed by atoms with Crippen molar-refractivity contribution in [2.24, 2.45) is 5.92 Å². The molecule has 0 spiro atoms. The first-order chi connectivity index (χ1) is 7.04. The summed E-state index contributed by atoms with van der Waals surface area (Å²) in [6, 6.07) is 5.17. The Hall–Kier alpha value is -1.64. The van der Waals surface area contributed by atoms with Gasteiger partial charge in [0, 0.05) is 5.92 Å². The summed E-state index contributed by atoms with van der Waals surface area (Å²) in [7, 11) is 0. The minimum Gasteiger partial charge on any atom is -0.478 e. The number of carboxylic acid groups (broad SMARTS) is 1. The van der Waals surface area contributed by atoms with E-state index in [1.807, 2.05) is 13.0 Å². The van der Waals surface area contributed by atoms with Crippen LogP contribution in [0, 0.1) is 12.8 Å². The number of rotatable bonds is 4. The first-order valence-corrected chi connectivity index (χ1v) is 4.82. The zero-order chi connectivity index (χ0) is 11.4. The summed E-state index contributed by atoms with van der Waals surface area (Å²) in [4.78, 5) is 21.2. The van der Waals surface area contributed by atoms with Gasteiger partial charge < -0.3 is 9.90 Å². The van der Waals surface area contributed by atoms with Gasteiger partial charge in [-0.05, 0) is 30.5 Å². The Morgan fingerprint density at radius 3 is 2.67 bits per heavy atom. The lowest BCUT2D eigenvalue weighted by Crippen LogP contribution is -2.04. The summed E-state index contributed by atoms with van der Waals surface area (Å²) in [5.41, 5.74) is 2.05. The van der Waals surface area contributed by atoms with Gasteiger partial charge in [-0.25, -0.2) is 4.79 Å². The fourth-order valence-electron chi connectivity index (χ4n) is 1.51. The van der Waals surface area contributed by atoms with Gasteiger partial charge in [0.1, 0.15) is 6.29 Å². The molecule has 3 heteroatoms. The van der Waals surface area contributed by atoms with E-state index in [2.05, 4.69) is 0 Å². The van der Waals surface area contributed by atoms with Gasteiger partial charge in [-0.3, -0.25) is 0 Å². The van der Waals surface area contributed by atoms with Crippen molar-refractivity contribution in [1.29, 1.82) is 0 Å². The van der Waals surface area contributed by atoms with Crippen molar-refractivity contribution in [3.8, 4) is 0 Å². The maximum absolute atomic E-state index is 10.8. The molecule has 0 bridgehead atoms. The van der Waals surface area contributed by atoms with Crippen LogP contribution in [-0.4, -0.2) is 17.4 Å². The molecule has 0 fully saturated rings. The molecule has 0 aliphatic carbocycles. The fraction of sp³-hybridized carbons (Fsp3) is 0.333. The number of hydrogen-bond donors (Lipinski definition) is 1. The lowest BCUT2D eigenvalue weighted by atomic mass is 9.98. The number of carbonyl (C=O) groups excluding carboxylic acids is 1. The molecule has 15 heavy (non-hydrogen) atoms. The molecule has 1 aromatic carbocycles. The normalized spacial score (nSPS) is 12.1. The van der Waals surface area contributed by atoms with Crippen LogP contribution in [0.1, 0.15) is 28.4 Å². The molecule has 1 unspecified atom stereocenters. The van der Waals surface area contributed by atoms with Gasteiger partial charge in [0.05, 0.1) is 5.56 Å². The molecule has 0 saturated heterocycles. The first-order valence-electron chi connectivity index (χ1n) is 4.82. The number of carboxylic acids is 1. The average Bonchev–Trinajstić information content (AvgIpc) is 2.17. The predicted octanol–water partition coefficient (Wildman–Crippen LogP) is 2.07. The second-order valence-corrected chi connectivity index (χ2v) is 3.77. The Bertz CT molecular complexity index is 382. The van der Waals surface area contributed by atoms with Gasteiger partial charge in [0.2, 0.25) is 0 Å². The van der Waals surface area contributed by atoms with Crippen LogP contribution < -0.4 is 0 Å². The van der Waals surface area contributed by atoms with Crippen LogP contribution in [0.25, 0.3) is 0 Å². The Balaban J connectivity index is 2.91. The van der Waals surface area contributed by atoms with Crippen molar-refractivity contribution >= 4 is 12.3 Å². The quantitative estimate of drug-likeness (QED) is 0.767. The van der Waals surface area contributed by atoms with Crippen LogP contribution in [0.5, 0.6) is 0 Å². The van der Waals surface area contributed by atoms with Crippen LogP contribution in [0.3, 0.4) is 0 Å². The Morgan fingerprint density at radius 2 is 2.20 bits per heavy atom. The Morgan fingerprint density at radius 1 is 1.53 bits per heavy atom. The second-order valence-electron chi connectivity index (χ2n) is 3.77. The lowest BCUT2D eigenvalue weighted by Gasteiger charge is -2.06. The van der Waals surface area contributed by atoms with Crippen LogP contribution in [0.15, 0.2) is 18.2 Å². The zero-order valence-corrected chi connectivity index (χ0v) is 8.86. The monoisotopic (exact) mass is 206 g/mol. The van der Waals surface area contributed by atoms with Crippen molar-refractivity contribution in [2.75, 3.05) is 0 Å². The largest absolute Gasteiger partial charge is 0.478 e. The van der Waals surface area contributed by atoms with Crippen molar-refractivity contribution in [1.82, 2.24) is 0 Å². The maximum atomic E-state index is 10.8. The van der Waals surface area contributed by atoms with E-state index in [0.717, 1.165) is 17.4 Å². The molecule has 1 atom stereocenters. The molecule has 1 N–H and O–H groups in total. The zero-order valence-electron chi connectivity index (χ0n) is 8.86. The molecule has 1 rings (SSSR count). The number of aryl methyl sites for hydroxylation is 1. The molecule has 3 nitrogen and oxygen atoms in total. The van der Waals surface area contributed by atoms with E-state index in [4.69, 9.17) is 5.11 Å². The molecule has 0 aliphatic heterocycles. The second kappa shape index (κ2) is 4.73. The number of benzene rings is 1. The minimum atomic E-state index is -0.914. The topological polar surface area (TPSA) is 54.4 Å². The van der Waals surface area contributed by atoms with E-state index in [1.165, 1.54) is 0 Å². The van der Waals surface area contributed by atoms with E-state index < -0.39 is 5.97 Å². The standard InChI is InChI=1S/C12H14O3/c1-8(7-13)5-10-3-4-11(12(14)15)9(2)6-10/h3-4,6-8H,5H2,1-2H3,(H,14,15). The predicted molar refractivity (Wildman–Crippen MR) is 57.1 cm³/mol. The molecular weight excluding hydrogens is 192 g/mol. The van der Waals surface area contributed by atoms with Crippen molar-refractivity contribution in [3.05, 3.63) is 34.9 Å². The highest BCUT2D eigenvalue weighted by Gasteiger charge is 2.08. The molecule has 1 aromatic rings. The molecule has 0 aromatic heterocycles. The SMILES string of the molecule is Cc1cc(CC(C)C=O)ccc1C(=O)O. The fourth-order valence-corrected chi connectivity index (χ4v) is 1.51. The lowest BCUT2D eigenvalue weighted by molar-refractivity contribution is -0.110. The molecule has 80 valence electrons. The summed E-state index contributed by atoms with van der Waals surface area (Å²) >= 11 is 0. The smallest absolute Gasteiger partial charge is 0.335 e. The third kappa shape index (κ3) is 2.91. The molecular formula is C12H14O3. The molecule has 0 amide bonds. The van der Waals surface area contributed by atoms with Crippen LogP contribution in [0.2, 0.25) is 0 Å². The first kappa shape index (κ1) is 11.4. The van der Waals surface area contributed by atoms with Crippen molar-refractivity contribution < 1.29 is 14.7 Å². The summed E-state index contributed by atoms with van der Waals surface area (Å²) < 4.78 is 0. The van der Waals surface area contributed by atoms with Gasteiger partial charge in [-0.15, -0.1) is 0 Å². The van der Waals surface area contributed by atoms with Crippen LogP contribution in [-0.2, 0) is 11.2 Å². The molecule has 0 radical (unpaired) electrons. The highest BCUT2D eigenvalue weighted by Crippen LogP contribution is 2.13. The Kier molecular flexibility index (Phi) is 3.61. The van der Waals surface area contributed by atoms with Crippen LogP contribution in [0.4, 0.5) is 0 Å². The van der Waals surface area contributed by atoms with E-state index in [1.54, 1.807) is 19.1 Å². The number of aromatic carboxylic acids is 1. The van der Waals surface area contributed by atoms with Gasteiger partial charge in [-0.1, -0.05) is 19.1 Å². The Labute approximate surface area is 88.7 Å². The van der Waals surface area contributed by atoms with Gasteiger partial charge in [0.15, 0.2) is 0 Å². The minimum absolute atomic E-state index is 0.0277. The third-order valence-electron chi connectivity index (χ3n) is 2.31. The summed E-state index contributed by atoms with van der Waals surface area (Å²) in [6.07, 6.45) is 1.56. The van der Waals surface area contributed by atoms with Gasteiger partial charge in [0.25, 0.3) is 0 Å². The number of hydrogen-bond acceptors (Lipinski definition) is 2. The highest BCUT2D eigenvalue weighted by molar-refractivity contribution is 5.89. The van der Waals surface area contributed by atoms with E-state index in [-0.39, 0.29) is 5.92 Å². The summed E-state index contributed by atoms with van der Waals surface area (Å²) in [5.74, 6) is -0.942. The van der Waals surface area contributed by atoms with Gasteiger partial charge in [-0.2, -0.15) is 0 Å². The van der Waals surface area contributed by atoms with Gasteiger partial charge >= 0.3 is 5.97 Å². The third-order valence-corrected chi connectivity index (χ3v) is 2.31. The van der Waals surface area contributed by atoms with E-state index in [9.17, 15) is 9.59 Å². The molecule has 0 heterocycles. The number of aldehydes is 1. The highest BCUT2D eigenvalue weighted by atomic mass is 16.4. The molecule has 0 aliphatic rings. The van der Waals surface area contributed by atoms with E-state index >= 15 is 0 Å². The average molecular weight is 206 g/mol. The number of carbonyl (C=O) groups is 2. The van der Waals surface area contributed by atoms with Crippen molar-refractivity contribution in [2.45, 2.75) is 20.3 Å². The van der Waals surface area contributed by atoms with Crippen molar-refractivity contribution in [3.63, 3.8) is 0 Å². The maximum Gasteiger partial charge on any atom is 0.335 e. The van der Waals surface area contributed by atoms with E-state index in [0.29, 0.717) is 12.0 Å². The summed E-state index contributed by atoms with van der Waals surface area (Å²) in [6.45, 7) is 3.60.